The summed E-state index contributed by atoms with van der Waals surface area (Å²) in [5.74, 6) is 1.48. The van der Waals surface area contributed by atoms with Crippen molar-refractivity contribution in [3.63, 3.8) is 0 Å². The van der Waals surface area contributed by atoms with Crippen molar-refractivity contribution in [2.45, 2.75) is 11.8 Å². The molecule has 0 bridgehead atoms. The van der Waals surface area contributed by atoms with Gasteiger partial charge in [0.15, 0.2) is 0 Å². The summed E-state index contributed by atoms with van der Waals surface area (Å²) in [5, 5.41) is 0.530. The van der Waals surface area contributed by atoms with E-state index in [0.717, 1.165) is 22.6 Å². The van der Waals surface area contributed by atoms with Crippen LogP contribution in [0.1, 0.15) is 16.5 Å². The number of methoxy groups -OCH3 is 2. The van der Waals surface area contributed by atoms with Gasteiger partial charge in [-0.15, -0.1) is 11.6 Å². The van der Waals surface area contributed by atoms with Crippen molar-refractivity contribution < 1.29 is 9.47 Å². The van der Waals surface area contributed by atoms with E-state index in [9.17, 15) is 0 Å². The molecule has 0 heterocycles. The Kier molecular flexibility index (Phi) is 5.16. The summed E-state index contributed by atoms with van der Waals surface area (Å²) in [4.78, 5) is 0. The quantitative estimate of drug-likeness (QED) is 0.733. The van der Waals surface area contributed by atoms with E-state index in [-0.39, 0.29) is 5.38 Å². The second-order valence-corrected chi connectivity index (χ2v) is 5.37. The molecule has 0 aliphatic carbocycles. The molecule has 0 aliphatic rings. The van der Waals surface area contributed by atoms with Crippen LogP contribution in [0.3, 0.4) is 0 Å². The van der Waals surface area contributed by atoms with Crippen molar-refractivity contribution in [3.05, 3.63) is 58.6 Å². The van der Waals surface area contributed by atoms with Gasteiger partial charge in [-0.3, -0.25) is 0 Å². The molecule has 0 radical (unpaired) electrons. The van der Waals surface area contributed by atoms with Crippen LogP contribution in [0.15, 0.2) is 42.5 Å². The highest BCUT2D eigenvalue weighted by Crippen LogP contribution is 2.35. The maximum atomic E-state index is 6.51. The van der Waals surface area contributed by atoms with Gasteiger partial charge in [-0.1, -0.05) is 29.8 Å². The Morgan fingerprint density at radius 2 is 1.85 bits per heavy atom. The molecular weight excluding hydrogens is 295 g/mol. The Bertz CT molecular complexity index is 584. The summed E-state index contributed by atoms with van der Waals surface area (Å²) in [6.45, 7) is 0. The average molecular weight is 311 g/mol. The van der Waals surface area contributed by atoms with Crippen molar-refractivity contribution in [1.29, 1.82) is 0 Å². The first-order valence-electron chi connectivity index (χ1n) is 6.24. The Hall–Kier alpha value is -1.38. The third-order valence-electron chi connectivity index (χ3n) is 3.08. The van der Waals surface area contributed by atoms with Crippen LogP contribution in [0.5, 0.6) is 11.5 Å². The predicted molar refractivity (Wildman–Crippen MR) is 83.3 cm³/mol. The number of rotatable bonds is 5. The molecule has 2 nitrogen and oxygen atoms in total. The molecule has 1 atom stereocenters. The van der Waals surface area contributed by atoms with E-state index >= 15 is 0 Å². The fraction of sp³-hybridized carbons (Fsp3) is 0.250. The summed E-state index contributed by atoms with van der Waals surface area (Å²) in [6, 6.07) is 13.4. The lowest BCUT2D eigenvalue weighted by Gasteiger charge is -2.15. The van der Waals surface area contributed by atoms with E-state index in [0.29, 0.717) is 11.4 Å². The molecule has 0 saturated heterocycles. The van der Waals surface area contributed by atoms with Gasteiger partial charge >= 0.3 is 0 Å². The Morgan fingerprint density at radius 1 is 1.05 bits per heavy atom. The maximum absolute atomic E-state index is 6.51. The third kappa shape index (κ3) is 3.59. The molecule has 0 aliphatic heterocycles. The van der Waals surface area contributed by atoms with Gasteiger partial charge in [-0.25, -0.2) is 0 Å². The maximum Gasteiger partial charge on any atom is 0.127 e. The highest BCUT2D eigenvalue weighted by atomic mass is 35.5. The molecule has 0 saturated carbocycles. The van der Waals surface area contributed by atoms with Crippen LogP contribution in [0.4, 0.5) is 0 Å². The monoisotopic (exact) mass is 310 g/mol. The lowest BCUT2D eigenvalue weighted by atomic mass is 10.0. The molecule has 20 heavy (non-hydrogen) atoms. The second kappa shape index (κ2) is 6.87. The molecule has 0 fully saturated rings. The molecule has 2 aromatic carbocycles. The zero-order chi connectivity index (χ0) is 14.5. The highest BCUT2D eigenvalue weighted by Gasteiger charge is 2.15. The third-order valence-corrected chi connectivity index (χ3v) is 3.71. The van der Waals surface area contributed by atoms with Gasteiger partial charge in [0, 0.05) is 16.7 Å². The van der Waals surface area contributed by atoms with Gasteiger partial charge in [0.1, 0.15) is 11.5 Å². The van der Waals surface area contributed by atoms with Crippen molar-refractivity contribution >= 4 is 23.2 Å². The van der Waals surface area contributed by atoms with E-state index in [2.05, 4.69) is 0 Å². The molecule has 1 unspecified atom stereocenters. The predicted octanol–water partition coefficient (Wildman–Crippen LogP) is 4.88. The summed E-state index contributed by atoms with van der Waals surface area (Å²) < 4.78 is 10.6. The van der Waals surface area contributed by atoms with Crippen LogP contribution in [0.25, 0.3) is 0 Å². The van der Waals surface area contributed by atoms with Crippen LogP contribution >= 0.6 is 23.2 Å². The Balaban J connectivity index is 2.22. The summed E-state index contributed by atoms with van der Waals surface area (Å²) in [7, 11) is 3.25. The molecule has 0 spiro atoms. The molecule has 0 amide bonds. The minimum Gasteiger partial charge on any atom is -0.497 e. The standard InChI is InChI=1S/C16H16Cl2O2/c1-19-13-6-7-14(16(10-13)20-2)15(18)9-11-4-3-5-12(17)8-11/h3-8,10,15H,9H2,1-2H3. The van der Waals surface area contributed by atoms with Crippen molar-refractivity contribution in [3.8, 4) is 11.5 Å². The van der Waals surface area contributed by atoms with E-state index in [1.165, 1.54) is 0 Å². The number of halogens is 2. The Labute approximate surface area is 129 Å². The molecule has 2 rings (SSSR count). The van der Waals surface area contributed by atoms with E-state index in [4.69, 9.17) is 32.7 Å². The molecule has 106 valence electrons. The molecular formula is C16H16Cl2O2. The minimum absolute atomic E-state index is 0.186. The summed E-state index contributed by atoms with van der Waals surface area (Å²) >= 11 is 12.5. The topological polar surface area (TPSA) is 18.5 Å². The van der Waals surface area contributed by atoms with Crippen molar-refractivity contribution in [1.82, 2.24) is 0 Å². The summed E-state index contributed by atoms with van der Waals surface area (Å²) in [6.07, 6.45) is 0.685. The van der Waals surface area contributed by atoms with Gasteiger partial charge in [-0.2, -0.15) is 0 Å². The first-order chi connectivity index (χ1) is 9.63. The zero-order valence-electron chi connectivity index (χ0n) is 11.4. The average Bonchev–Trinajstić information content (AvgIpc) is 2.46. The normalized spacial score (nSPS) is 12.0. The van der Waals surface area contributed by atoms with Gasteiger partial charge in [0.2, 0.25) is 0 Å². The first kappa shape index (κ1) is 15.0. The van der Waals surface area contributed by atoms with Gasteiger partial charge in [0.05, 0.1) is 19.6 Å². The molecule has 0 N–H and O–H groups in total. The summed E-state index contributed by atoms with van der Waals surface area (Å²) in [5.41, 5.74) is 2.03. The fourth-order valence-electron chi connectivity index (χ4n) is 2.06. The molecule has 4 heteroatoms. The van der Waals surface area contributed by atoms with E-state index in [1.54, 1.807) is 14.2 Å². The number of hydrogen-bond donors (Lipinski definition) is 0. The van der Waals surface area contributed by atoms with Crippen LogP contribution in [0.2, 0.25) is 5.02 Å². The Morgan fingerprint density at radius 3 is 2.50 bits per heavy atom. The SMILES string of the molecule is COc1ccc(C(Cl)Cc2cccc(Cl)c2)c(OC)c1. The molecule has 2 aromatic rings. The zero-order valence-corrected chi connectivity index (χ0v) is 12.9. The van der Waals surface area contributed by atoms with Gasteiger partial charge in [-0.05, 0) is 30.2 Å². The van der Waals surface area contributed by atoms with Gasteiger partial charge < -0.3 is 9.47 Å². The molecule has 0 aromatic heterocycles. The minimum atomic E-state index is -0.186. The van der Waals surface area contributed by atoms with E-state index in [1.807, 2.05) is 42.5 Å². The van der Waals surface area contributed by atoms with E-state index < -0.39 is 0 Å². The number of benzene rings is 2. The van der Waals surface area contributed by atoms with Crippen LogP contribution in [-0.2, 0) is 6.42 Å². The lowest BCUT2D eigenvalue weighted by molar-refractivity contribution is 0.390. The fourth-order valence-corrected chi connectivity index (χ4v) is 2.63. The van der Waals surface area contributed by atoms with Crippen molar-refractivity contribution in [2.75, 3.05) is 14.2 Å². The number of hydrogen-bond acceptors (Lipinski definition) is 2. The second-order valence-electron chi connectivity index (χ2n) is 4.41. The first-order valence-corrected chi connectivity index (χ1v) is 7.06. The van der Waals surface area contributed by atoms with Gasteiger partial charge in [0.25, 0.3) is 0 Å². The van der Waals surface area contributed by atoms with Crippen molar-refractivity contribution in [2.24, 2.45) is 0 Å². The van der Waals surface area contributed by atoms with Crippen LogP contribution in [0, 0.1) is 0 Å². The lowest BCUT2D eigenvalue weighted by Crippen LogP contribution is -2.00. The van der Waals surface area contributed by atoms with Crippen LogP contribution < -0.4 is 9.47 Å². The number of alkyl halides is 1. The highest BCUT2D eigenvalue weighted by molar-refractivity contribution is 6.30. The van der Waals surface area contributed by atoms with Crippen LogP contribution in [-0.4, -0.2) is 14.2 Å². The smallest absolute Gasteiger partial charge is 0.127 e. The largest absolute Gasteiger partial charge is 0.497 e. The number of ether oxygens (including phenoxy) is 2.